The van der Waals surface area contributed by atoms with Crippen molar-refractivity contribution >= 4 is 23.5 Å². The molecule has 1 amide bonds. The van der Waals surface area contributed by atoms with Gasteiger partial charge in [0.1, 0.15) is 6.29 Å². The lowest BCUT2D eigenvalue weighted by Gasteiger charge is -2.15. The lowest BCUT2D eigenvalue weighted by atomic mass is 10.1. The molecular weight excluding hydrogens is 198 g/mol. The number of thiophene rings is 1. The number of hydrogen-bond donors (Lipinski definition) is 1. The average Bonchev–Trinajstić information content (AvgIpc) is 2.65. The van der Waals surface area contributed by atoms with Crippen LogP contribution in [-0.2, 0) is 4.79 Å². The maximum Gasteiger partial charge on any atom is 0.252 e. The van der Waals surface area contributed by atoms with Crippen LogP contribution in [0.25, 0.3) is 0 Å². The Morgan fingerprint density at radius 2 is 2.29 bits per heavy atom. The van der Waals surface area contributed by atoms with Gasteiger partial charge in [-0.05, 0) is 17.4 Å². The predicted molar refractivity (Wildman–Crippen MR) is 56.5 cm³/mol. The molecule has 1 aromatic heterocycles. The molecule has 1 rings (SSSR count). The molecule has 0 saturated carbocycles. The van der Waals surface area contributed by atoms with E-state index in [2.05, 4.69) is 5.32 Å². The van der Waals surface area contributed by atoms with Gasteiger partial charge in [-0.1, -0.05) is 13.8 Å². The molecule has 3 nitrogen and oxygen atoms in total. The van der Waals surface area contributed by atoms with Gasteiger partial charge in [0, 0.05) is 5.38 Å². The normalized spacial score (nSPS) is 12.5. The van der Waals surface area contributed by atoms with Gasteiger partial charge in [-0.15, -0.1) is 0 Å². The van der Waals surface area contributed by atoms with Gasteiger partial charge in [-0.3, -0.25) is 4.79 Å². The SMILES string of the molecule is CC(C)[C@@H](C=O)NC(=O)c1ccsc1. The van der Waals surface area contributed by atoms with E-state index in [0.29, 0.717) is 5.56 Å². The number of nitrogens with one attached hydrogen (secondary N) is 1. The third-order valence-electron chi connectivity index (χ3n) is 1.95. The van der Waals surface area contributed by atoms with Crippen LogP contribution >= 0.6 is 11.3 Å². The second-order valence-corrected chi connectivity index (χ2v) is 4.17. The van der Waals surface area contributed by atoms with Gasteiger partial charge in [0.05, 0.1) is 11.6 Å². The highest BCUT2D eigenvalue weighted by Gasteiger charge is 2.15. The summed E-state index contributed by atoms with van der Waals surface area (Å²) in [5, 5.41) is 6.26. The Balaban J connectivity index is 2.60. The van der Waals surface area contributed by atoms with E-state index < -0.39 is 6.04 Å². The third kappa shape index (κ3) is 2.67. The van der Waals surface area contributed by atoms with E-state index in [1.54, 1.807) is 11.4 Å². The third-order valence-corrected chi connectivity index (χ3v) is 2.63. The topological polar surface area (TPSA) is 46.2 Å². The predicted octanol–water partition coefficient (Wildman–Crippen LogP) is 1.70. The molecule has 0 aliphatic carbocycles. The molecule has 0 aromatic carbocycles. The standard InChI is InChI=1S/C10H13NO2S/c1-7(2)9(5-12)11-10(13)8-3-4-14-6-8/h3-7,9H,1-2H3,(H,11,13)/t9-/m1/s1. The molecule has 4 heteroatoms. The van der Waals surface area contributed by atoms with E-state index >= 15 is 0 Å². The van der Waals surface area contributed by atoms with Gasteiger partial charge in [-0.25, -0.2) is 0 Å². The fourth-order valence-electron chi connectivity index (χ4n) is 0.986. The van der Waals surface area contributed by atoms with Crippen LogP contribution in [0, 0.1) is 5.92 Å². The molecule has 0 aliphatic heterocycles. The molecule has 0 radical (unpaired) electrons. The number of aldehydes is 1. The minimum Gasteiger partial charge on any atom is -0.342 e. The Morgan fingerprint density at radius 3 is 2.71 bits per heavy atom. The van der Waals surface area contributed by atoms with Crippen molar-refractivity contribution in [1.82, 2.24) is 5.32 Å². The van der Waals surface area contributed by atoms with Gasteiger partial charge < -0.3 is 10.1 Å². The molecule has 1 atom stereocenters. The van der Waals surface area contributed by atoms with E-state index in [-0.39, 0.29) is 11.8 Å². The van der Waals surface area contributed by atoms with E-state index in [4.69, 9.17) is 0 Å². The summed E-state index contributed by atoms with van der Waals surface area (Å²) >= 11 is 1.46. The number of rotatable bonds is 4. The zero-order chi connectivity index (χ0) is 10.6. The second-order valence-electron chi connectivity index (χ2n) is 3.39. The number of carbonyl (C=O) groups is 2. The highest BCUT2D eigenvalue weighted by Crippen LogP contribution is 2.07. The van der Waals surface area contributed by atoms with Crippen LogP contribution in [0.2, 0.25) is 0 Å². The highest BCUT2D eigenvalue weighted by atomic mass is 32.1. The van der Waals surface area contributed by atoms with Crippen molar-refractivity contribution in [1.29, 1.82) is 0 Å². The Bertz CT molecular complexity index is 306. The van der Waals surface area contributed by atoms with Gasteiger partial charge in [-0.2, -0.15) is 11.3 Å². The molecule has 0 fully saturated rings. The molecule has 76 valence electrons. The van der Waals surface area contributed by atoms with Crippen molar-refractivity contribution < 1.29 is 9.59 Å². The molecule has 0 saturated heterocycles. The van der Waals surface area contributed by atoms with Crippen LogP contribution in [0.1, 0.15) is 24.2 Å². The van der Waals surface area contributed by atoms with E-state index in [0.717, 1.165) is 6.29 Å². The molecule has 0 spiro atoms. The molecular formula is C10H13NO2S. The zero-order valence-electron chi connectivity index (χ0n) is 8.19. The van der Waals surface area contributed by atoms with Crippen LogP contribution < -0.4 is 5.32 Å². The van der Waals surface area contributed by atoms with Crippen molar-refractivity contribution in [2.75, 3.05) is 0 Å². The van der Waals surface area contributed by atoms with Gasteiger partial charge in [0.25, 0.3) is 5.91 Å². The first kappa shape index (κ1) is 10.9. The summed E-state index contributed by atoms with van der Waals surface area (Å²) in [6.45, 7) is 3.79. The molecule has 0 unspecified atom stereocenters. The summed E-state index contributed by atoms with van der Waals surface area (Å²) in [7, 11) is 0. The summed E-state index contributed by atoms with van der Waals surface area (Å²) in [5.74, 6) is -0.0628. The summed E-state index contributed by atoms with van der Waals surface area (Å²) in [6.07, 6.45) is 0.773. The van der Waals surface area contributed by atoms with Gasteiger partial charge in [0.15, 0.2) is 0 Å². The number of amides is 1. The first-order valence-electron chi connectivity index (χ1n) is 4.43. The van der Waals surface area contributed by atoms with Crippen molar-refractivity contribution in [3.8, 4) is 0 Å². The summed E-state index contributed by atoms with van der Waals surface area (Å²) in [4.78, 5) is 22.2. The lowest BCUT2D eigenvalue weighted by Crippen LogP contribution is -2.39. The van der Waals surface area contributed by atoms with Crippen molar-refractivity contribution in [2.24, 2.45) is 5.92 Å². The fraction of sp³-hybridized carbons (Fsp3) is 0.400. The Kier molecular flexibility index (Phi) is 3.83. The Hall–Kier alpha value is -1.16. The van der Waals surface area contributed by atoms with Gasteiger partial charge >= 0.3 is 0 Å². The van der Waals surface area contributed by atoms with Gasteiger partial charge in [0.2, 0.25) is 0 Å². The zero-order valence-corrected chi connectivity index (χ0v) is 9.01. The minimum absolute atomic E-state index is 0.120. The Morgan fingerprint density at radius 1 is 1.57 bits per heavy atom. The van der Waals surface area contributed by atoms with Crippen LogP contribution in [0.5, 0.6) is 0 Å². The molecule has 14 heavy (non-hydrogen) atoms. The van der Waals surface area contributed by atoms with Crippen molar-refractivity contribution in [3.63, 3.8) is 0 Å². The molecule has 1 heterocycles. The maximum absolute atomic E-state index is 11.5. The van der Waals surface area contributed by atoms with E-state index in [1.165, 1.54) is 11.3 Å². The monoisotopic (exact) mass is 211 g/mol. The van der Waals surface area contributed by atoms with Crippen LogP contribution in [0.15, 0.2) is 16.8 Å². The fourth-order valence-corrected chi connectivity index (χ4v) is 1.62. The highest BCUT2D eigenvalue weighted by molar-refractivity contribution is 7.08. The van der Waals surface area contributed by atoms with Crippen molar-refractivity contribution in [3.05, 3.63) is 22.4 Å². The smallest absolute Gasteiger partial charge is 0.252 e. The molecule has 1 aromatic rings. The first-order chi connectivity index (χ1) is 6.65. The maximum atomic E-state index is 11.5. The quantitative estimate of drug-likeness (QED) is 0.770. The lowest BCUT2D eigenvalue weighted by molar-refractivity contribution is -0.110. The summed E-state index contributed by atoms with van der Waals surface area (Å²) in [5.41, 5.74) is 0.613. The summed E-state index contributed by atoms with van der Waals surface area (Å²) in [6, 6.07) is 1.34. The van der Waals surface area contributed by atoms with E-state index in [9.17, 15) is 9.59 Å². The average molecular weight is 211 g/mol. The van der Waals surface area contributed by atoms with E-state index in [1.807, 2.05) is 19.2 Å². The summed E-state index contributed by atoms with van der Waals surface area (Å²) < 4.78 is 0. The number of carbonyl (C=O) groups excluding carboxylic acids is 2. The number of hydrogen-bond acceptors (Lipinski definition) is 3. The van der Waals surface area contributed by atoms with Crippen LogP contribution in [0.4, 0.5) is 0 Å². The molecule has 0 aliphatic rings. The molecule has 1 N–H and O–H groups in total. The van der Waals surface area contributed by atoms with Crippen molar-refractivity contribution in [2.45, 2.75) is 19.9 Å². The minimum atomic E-state index is -0.401. The first-order valence-corrected chi connectivity index (χ1v) is 5.37. The largest absolute Gasteiger partial charge is 0.342 e. The van der Waals surface area contributed by atoms with Crippen LogP contribution in [0.3, 0.4) is 0 Å². The second kappa shape index (κ2) is 4.91. The van der Waals surface area contributed by atoms with Crippen LogP contribution in [-0.4, -0.2) is 18.2 Å². The molecule has 0 bridgehead atoms. The Labute approximate surface area is 87.1 Å².